The van der Waals surface area contributed by atoms with Crippen LogP contribution in [-0.2, 0) is 4.79 Å². The van der Waals surface area contributed by atoms with Gasteiger partial charge < -0.3 is 4.79 Å². The van der Waals surface area contributed by atoms with Gasteiger partial charge in [0.1, 0.15) is 6.29 Å². The second-order valence-corrected chi connectivity index (χ2v) is 6.32. The summed E-state index contributed by atoms with van der Waals surface area (Å²) in [4.78, 5) is 10.4. The average Bonchev–Trinajstić information content (AvgIpc) is 2.52. The normalized spacial score (nSPS) is 38.7. The minimum Gasteiger partial charge on any atom is -0.303 e. The molecule has 2 saturated carbocycles. The highest BCUT2D eigenvalue weighted by molar-refractivity contribution is 5.49. The van der Waals surface area contributed by atoms with E-state index in [0.29, 0.717) is 5.41 Å². The van der Waals surface area contributed by atoms with E-state index in [4.69, 9.17) is 0 Å². The van der Waals surface area contributed by atoms with Gasteiger partial charge in [0.25, 0.3) is 0 Å². The fraction of sp³-hybridized carbons (Fsp3) is 0.929. The molecular formula is C14H24O. The van der Waals surface area contributed by atoms with E-state index in [1.807, 2.05) is 0 Å². The Hall–Kier alpha value is -0.330. The Bertz CT molecular complexity index is 231. The maximum Gasteiger partial charge on any atom is 0.120 e. The first kappa shape index (κ1) is 11.2. The molecule has 2 rings (SSSR count). The molecule has 0 aromatic rings. The minimum atomic E-state index is 0.574. The lowest BCUT2D eigenvalue weighted by Gasteiger charge is -2.38. The van der Waals surface area contributed by atoms with E-state index in [2.05, 4.69) is 13.8 Å². The summed E-state index contributed by atoms with van der Waals surface area (Å²) in [5, 5.41) is 0. The molecule has 2 aliphatic rings. The third kappa shape index (κ3) is 2.26. The number of carbonyl (C=O) groups is 1. The van der Waals surface area contributed by atoms with Crippen molar-refractivity contribution < 1.29 is 4.79 Å². The second-order valence-electron chi connectivity index (χ2n) is 6.32. The zero-order chi connectivity index (χ0) is 10.9. The van der Waals surface area contributed by atoms with Crippen LogP contribution in [0.1, 0.15) is 58.8 Å². The van der Waals surface area contributed by atoms with E-state index < -0.39 is 0 Å². The quantitative estimate of drug-likeness (QED) is 0.644. The molecule has 0 amide bonds. The van der Waals surface area contributed by atoms with Gasteiger partial charge in [0.15, 0.2) is 0 Å². The van der Waals surface area contributed by atoms with Crippen molar-refractivity contribution in [3.05, 3.63) is 0 Å². The lowest BCUT2D eigenvalue weighted by atomic mass is 9.67. The zero-order valence-corrected chi connectivity index (χ0v) is 10.2. The molecule has 1 heteroatoms. The average molecular weight is 208 g/mol. The van der Waals surface area contributed by atoms with E-state index in [1.54, 1.807) is 0 Å². The Balaban J connectivity index is 1.93. The van der Waals surface area contributed by atoms with Gasteiger partial charge in [-0.05, 0) is 55.3 Å². The molecule has 0 bridgehead atoms. The molecule has 1 nitrogen and oxygen atoms in total. The molecule has 0 aliphatic heterocycles. The summed E-state index contributed by atoms with van der Waals surface area (Å²) in [6, 6.07) is 0. The van der Waals surface area contributed by atoms with E-state index in [-0.39, 0.29) is 0 Å². The largest absolute Gasteiger partial charge is 0.303 e. The molecule has 3 atom stereocenters. The molecule has 86 valence electrons. The molecule has 15 heavy (non-hydrogen) atoms. The fourth-order valence-corrected chi connectivity index (χ4v) is 3.93. The van der Waals surface area contributed by atoms with Crippen molar-refractivity contribution in [1.82, 2.24) is 0 Å². The highest BCUT2D eigenvalue weighted by Crippen LogP contribution is 2.54. The van der Waals surface area contributed by atoms with Crippen LogP contribution in [0.4, 0.5) is 0 Å². The van der Waals surface area contributed by atoms with E-state index in [1.165, 1.54) is 32.1 Å². The van der Waals surface area contributed by atoms with E-state index >= 15 is 0 Å². The van der Waals surface area contributed by atoms with Crippen LogP contribution >= 0.6 is 0 Å². The third-order valence-electron chi connectivity index (χ3n) is 4.96. The van der Waals surface area contributed by atoms with Gasteiger partial charge in [-0.1, -0.05) is 20.3 Å². The molecule has 0 saturated heterocycles. The van der Waals surface area contributed by atoms with Crippen LogP contribution < -0.4 is 0 Å². The van der Waals surface area contributed by atoms with Crippen molar-refractivity contribution in [2.45, 2.75) is 58.8 Å². The first-order valence-electron chi connectivity index (χ1n) is 6.57. The minimum absolute atomic E-state index is 0.574. The molecule has 0 aromatic heterocycles. The van der Waals surface area contributed by atoms with Gasteiger partial charge in [-0.3, -0.25) is 0 Å². The van der Waals surface area contributed by atoms with Gasteiger partial charge >= 0.3 is 0 Å². The first-order chi connectivity index (χ1) is 7.13. The highest BCUT2D eigenvalue weighted by atomic mass is 16.1. The molecule has 3 unspecified atom stereocenters. The van der Waals surface area contributed by atoms with Crippen molar-refractivity contribution in [2.24, 2.45) is 23.2 Å². The van der Waals surface area contributed by atoms with Crippen LogP contribution in [0, 0.1) is 23.2 Å². The number of hydrogen-bond acceptors (Lipinski definition) is 1. The van der Waals surface area contributed by atoms with Crippen molar-refractivity contribution >= 4 is 6.29 Å². The van der Waals surface area contributed by atoms with Crippen LogP contribution in [0.5, 0.6) is 0 Å². The van der Waals surface area contributed by atoms with Crippen LogP contribution in [0.15, 0.2) is 0 Å². The fourth-order valence-electron chi connectivity index (χ4n) is 3.93. The topological polar surface area (TPSA) is 17.1 Å². The van der Waals surface area contributed by atoms with Gasteiger partial charge in [-0.15, -0.1) is 0 Å². The van der Waals surface area contributed by atoms with Gasteiger partial charge in [-0.2, -0.15) is 0 Å². The maximum absolute atomic E-state index is 10.4. The molecule has 0 radical (unpaired) electrons. The zero-order valence-electron chi connectivity index (χ0n) is 10.2. The van der Waals surface area contributed by atoms with Crippen molar-refractivity contribution in [3.63, 3.8) is 0 Å². The predicted octanol–water partition coefficient (Wildman–Crippen LogP) is 3.82. The molecule has 0 N–H and O–H groups in total. The molecule has 2 aliphatic carbocycles. The number of rotatable bonds is 3. The Morgan fingerprint density at radius 1 is 1.27 bits per heavy atom. The van der Waals surface area contributed by atoms with Crippen molar-refractivity contribution in [3.8, 4) is 0 Å². The van der Waals surface area contributed by atoms with Crippen LogP contribution in [0.3, 0.4) is 0 Å². The Kier molecular flexibility index (Phi) is 3.18. The van der Waals surface area contributed by atoms with Gasteiger partial charge in [-0.25, -0.2) is 0 Å². The molecular weight excluding hydrogens is 184 g/mol. The number of aldehydes is 1. The summed E-state index contributed by atoms with van der Waals surface area (Å²) in [7, 11) is 0. The van der Waals surface area contributed by atoms with E-state index in [9.17, 15) is 4.79 Å². The van der Waals surface area contributed by atoms with Crippen molar-refractivity contribution in [2.75, 3.05) is 0 Å². The Morgan fingerprint density at radius 2 is 2.07 bits per heavy atom. The highest BCUT2D eigenvalue weighted by Gasteiger charge is 2.44. The predicted molar refractivity (Wildman–Crippen MR) is 62.6 cm³/mol. The molecule has 0 spiro atoms. The SMILES string of the molecule is CC1(C)CCC2CCC(CCC=O)CC21. The molecule has 0 heterocycles. The summed E-state index contributed by atoms with van der Waals surface area (Å²) in [5.41, 5.74) is 0.574. The maximum atomic E-state index is 10.4. The van der Waals surface area contributed by atoms with Crippen molar-refractivity contribution in [1.29, 1.82) is 0 Å². The summed E-state index contributed by atoms with van der Waals surface area (Å²) in [6.07, 6.45) is 10.1. The Morgan fingerprint density at radius 3 is 2.80 bits per heavy atom. The molecule has 0 aromatic carbocycles. The summed E-state index contributed by atoms with van der Waals surface area (Å²) < 4.78 is 0. The van der Waals surface area contributed by atoms with Gasteiger partial charge in [0.2, 0.25) is 0 Å². The summed E-state index contributed by atoms with van der Waals surface area (Å²) >= 11 is 0. The molecule has 2 fully saturated rings. The number of carbonyl (C=O) groups excluding carboxylic acids is 1. The second kappa shape index (κ2) is 4.27. The van der Waals surface area contributed by atoms with E-state index in [0.717, 1.165) is 36.9 Å². The van der Waals surface area contributed by atoms with Crippen LogP contribution in [0.2, 0.25) is 0 Å². The summed E-state index contributed by atoms with van der Waals surface area (Å²) in [6.45, 7) is 4.89. The van der Waals surface area contributed by atoms with Gasteiger partial charge in [0, 0.05) is 6.42 Å². The van der Waals surface area contributed by atoms with Crippen LogP contribution in [0.25, 0.3) is 0 Å². The standard InChI is InChI=1S/C14H24O/c1-14(2)8-7-12-6-5-11(4-3-9-15)10-13(12)14/h9,11-13H,3-8,10H2,1-2H3. The number of fused-ring (bicyclic) bond motifs is 1. The van der Waals surface area contributed by atoms with Crippen LogP contribution in [-0.4, -0.2) is 6.29 Å². The Labute approximate surface area is 93.6 Å². The lowest BCUT2D eigenvalue weighted by Crippen LogP contribution is -2.29. The monoisotopic (exact) mass is 208 g/mol. The number of hydrogen-bond donors (Lipinski definition) is 0. The lowest BCUT2D eigenvalue weighted by molar-refractivity contribution is -0.108. The van der Waals surface area contributed by atoms with Gasteiger partial charge in [0.05, 0.1) is 0 Å². The first-order valence-corrected chi connectivity index (χ1v) is 6.57. The third-order valence-corrected chi connectivity index (χ3v) is 4.96. The smallest absolute Gasteiger partial charge is 0.120 e. The summed E-state index contributed by atoms with van der Waals surface area (Å²) in [5.74, 6) is 2.80.